The first-order valence-corrected chi connectivity index (χ1v) is 14.6. The number of thiophene rings is 1. The normalized spacial score (nSPS) is 15.1. The molecule has 5 rings (SSSR count). The number of hydrogen-bond donors (Lipinski definition) is 1. The second-order valence-electron chi connectivity index (χ2n) is 9.57. The van der Waals surface area contributed by atoms with Gasteiger partial charge in [0.15, 0.2) is 5.16 Å². The predicted octanol–water partition coefficient (Wildman–Crippen LogP) is 6.48. The van der Waals surface area contributed by atoms with Gasteiger partial charge in [-0.25, -0.2) is 4.98 Å². The number of carbonyl (C=O) groups is 1. The summed E-state index contributed by atoms with van der Waals surface area (Å²) in [4.78, 5) is 33.9. The van der Waals surface area contributed by atoms with E-state index in [2.05, 4.69) is 12.2 Å². The lowest BCUT2D eigenvalue weighted by molar-refractivity contribution is -0.113. The Balaban J connectivity index is 1.47. The van der Waals surface area contributed by atoms with Crippen LogP contribution in [0.3, 0.4) is 0 Å². The molecule has 192 valence electrons. The van der Waals surface area contributed by atoms with Crippen LogP contribution in [0.5, 0.6) is 5.75 Å². The summed E-state index contributed by atoms with van der Waals surface area (Å²) in [6, 6.07) is 17.0. The highest BCUT2D eigenvalue weighted by molar-refractivity contribution is 7.99. The minimum Gasteiger partial charge on any atom is -0.489 e. The van der Waals surface area contributed by atoms with E-state index in [4.69, 9.17) is 9.72 Å². The number of para-hydroxylation sites is 3. The van der Waals surface area contributed by atoms with E-state index in [1.54, 1.807) is 15.9 Å². The number of nitrogens with zero attached hydrogens (tertiary/aromatic N) is 2. The first-order valence-electron chi connectivity index (χ1n) is 12.8. The fourth-order valence-corrected chi connectivity index (χ4v) is 6.96. The Kier molecular flexibility index (Phi) is 7.67. The molecule has 0 aliphatic heterocycles. The Labute approximate surface area is 225 Å². The van der Waals surface area contributed by atoms with E-state index in [-0.39, 0.29) is 23.3 Å². The van der Waals surface area contributed by atoms with E-state index < -0.39 is 0 Å². The van der Waals surface area contributed by atoms with Gasteiger partial charge in [0.1, 0.15) is 10.6 Å². The third-order valence-electron chi connectivity index (χ3n) is 6.60. The van der Waals surface area contributed by atoms with E-state index >= 15 is 0 Å². The van der Waals surface area contributed by atoms with Crippen LogP contribution in [0.25, 0.3) is 15.9 Å². The van der Waals surface area contributed by atoms with E-state index in [0.29, 0.717) is 22.5 Å². The van der Waals surface area contributed by atoms with Crippen LogP contribution in [0.1, 0.15) is 44.1 Å². The number of nitrogens with one attached hydrogen (secondary N) is 1. The smallest absolute Gasteiger partial charge is 0.267 e. The highest BCUT2D eigenvalue weighted by atomic mass is 32.2. The van der Waals surface area contributed by atoms with Gasteiger partial charge in [-0.05, 0) is 68.9 Å². The van der Waals surface area contributed by atoms with Crippen molar-refractivity contribution in [3.05, 3.63) is 75.4 Å². The molecule has 1 unspecified atom stereocenters. The van der Waals surface area contributed by atoms with Gasteiger partial charge < -0.3 is 10.1 Å². The Bertz CT molecular complexity index is 1480. The molecule has 6 nitrogen and oxygen atoms in total. The molecule has 1 amide bonds. The number of aryl methyl sites for hydroxylation is 1. The molecule has 1 N–H and O–H groups in total. The van der Waals surface area contributed by atoms with Crippen molar-refractivity contribution in [1.29, 1.82) is 0 Å². The van der Waals surface area contributed by atoms with E-state index in [1.165, 1.54) is 22.2 Å². The number of rotatable bonds is 8. The first kappa shape index (κ1) is 25.5. The molecular weight excluding hydrogens is 502 g/mol. The van der Waals surface area contributed by atoms with E-state index in [1.807, 2.05) is 68.4 Å². The summed E-state index contributed by atoms with van der Waals surface area (Å²) < 4.78 is 7.49. The molecule has 0 radical (unpaired) electrons. The minimum absolute atomic E-state index is 0.00659. The zero-order chi connectivity index (χ0) is 25.9. The number of aromatic nitrogens is 2. The van der Waals surface area contributed by atoms with Gasteiger partial charge in [-0.1, -0.05) is 55.4 Å². The van der Waals surface area contributed by atoms with Crippen molar-refractivity contribution in [2.24, 2.45) is 5.92 Å². The van der Waals surface area contributed by atoms with Gasteiger partial charge in [0.05, 0.1) is 28.6 Å². The highest BCUT2D eigenvalue weighted by Crippen LogP contribution is 2.38. The highest BCUT2D eigenvalue weighted by Gasteiger charge is 2.26. The molecule has 0 saturated heterocycles. The summed E-state index contributed by atoms with van der Waals surface area (Å²) in [6.45, 7) is 6.13. The van der Waals surface area contributed by atoms with Crippen LogP contribution in [-0.2, 0) is 17.6 Å². The maximum Gasteiger partial charge on any atom is 0.267 e. The van der Waals surface area contributed by atoms with E-state index in [9.17, 15) is 9.59 Å². The summed E-state index contributed by atoms with van der Waals surface area (Å²) in [5.41, 5.74) is 2.50. The summed E-state index contributed by atoms with van der Waals surface area (Å²) in [6.07, 6.45) is 4.19. The predicted molar refractivity (Wildman–Crippen MR) is 153 cm³/mol. The monoisotopic (exact) mass is 533 g/mol. The number of carbonyl (C=O) groups excluding carboxylic acids is 1. The number of fused-ring (bicyclic) bond motifs is 3. The molecule has 1 atom stereocenters. The number of anilines is 1. The van der Waals surface area contributed by atoms with Crippen LogP contribution in [0, 0.1) is 5.92 Å². The molecule has 2 aromatic carbocycles. The lowest BCUT2D eigenvalue weighted by atomic mass is 9.86. The zero-order valence-electron chi connectivity index (χ0n) is 21.3. The quantitative estimate of drug-likeness (QED) is 0.207. The van der Waals surface area contributed by atoms with Crippen molar-refractivity contribution in [2.45, 2.75) is 57.7 Å². The van der Waals surface area contributed by atoms with Crippen molar-refractivity contribution in [3.63, 3.8) is 0 Å². The van der Waals surface area contributed by atoms with Gasteiger partial charge in [-0.3, -0.25) is 14.2 Å². The molecular formula is C29H31N3O3S2. The lowest BCUT2D eigenvalue weighted by Gasteiger charge is -2.20. The molecule has 0 spiro atoms. The van der Waals surface area contributed by atoms with Crippen molar-refractivity contribution >= 4 is 44.9 Å². The Morgan fingerprint density at radius 1 is 1.19 bits per heavy atom. The molecule has 8 heteroatoms. The minimum atomic E-state index is -0.185. The van der Waals surface area contributed by atoms with Gasteiger partial charge in [-0.2, -0.15) is 0 Å². The van der Waals surface area contributed by atoms with Crippen LogP contribution in [0.4, 0.5) is 5.69 Å². The van der Waals surface area contributed by atoms with Crippen molar-refractivity contribution in [3.8, 4) is 11.4 Å². The number of hydrogen-bond acceptors (Lipinski definition) is 6. The van der Waals surface area contributed by atoms with Crippen LogP contribution in [0.15, 0.2) is 64.5 Å². The standard InChI is InChI=1S/C29H31N3O3S2/c1-4-19-14-15-21-24(16-19)37-27-26(21)28(34)32(20-10-6-5-7-11-20)29(31-27)36-17-25(33)30-22-12-8-9-13-23(22)35-18(2)3/h5-13,18-19H,4,14-17H2,1-3H3,(H,30,33). The summed E-state index contributed by atoms with van der Waals surface area (Å²) in [7, 11) is 0. The summed E-state index contributed by atoms with van der Waals surface area (Å²) in [5.74, 6) is 1.22. The van der Waals surface area contributed by atoms with E-state index in [0.717, 1.165) is 41.6 Å². The van der Waals surface area contributed by atoms with Gasteiger partial charge in [0.25, 0.3) is 5.56 Å². The zero-order valence-corrected chi connectivity index (χ0v) is 23.0. The molecule has 0 fully saturated rings. The molecule has 0 bridgehead atoms. The van der Waals surface area contributed by atoms with Crippen molar-refractivity contribution < 1.29 is 9.53 Å². The largest absolute Gasteiger partial charge is 0.489 e. The topological polar surface area (TPSA) is 73.2 Å². The number of benzene rings is 2. The molecule has 1 aliphatic carbocycles. The maximum absolute atomic E-state index is 13.9. The van der Waals surface area contributed by atoms with Crippen LogP contribution < -0.4 is 15.6 Å². The first-order chi connectivity index (χ1) is 17.9. The molecule has 1 aliphatic rings. The Morgan fingerprint density at radius 2 is 1.95 bits per heavy atom. The van der Waals surface area contributed by atoms with Crippen LogP contribution in [-0.4, -0.2) is 27.3 Å². The molecule has 2 heterocycles. The fourth-order valence-electron chi connectivity index (χ4n) is 4.77. The molecule has 4 aromatic rings. The average Bonchev–Trinajstić information content (AvgIpc) is 3.26. The maximum atomic E-state index is 13.9. The van der Waals surface area contributed by atoms with Crippen molar-refractivity contribution in [1.82, 2.24) is 9.55 Å². The number of amides is 1. The molecule has 37 heavy (non-hydrogen) atoms. The molecule has 2 aromatic heterocycles. The summed E-state index contributed by atoms with van der Waals surface area (Å²) in [5, 5.41) is 4.22. The third kappa shape index (κ3) is 5.45. The van der Waals surface area contributed by atoms with Gasteiger partial charge >= 0.3 is 0 Å². The summed E-state index contributed by atoms with van der Waals surface area (Å²) >= 11 is 2.92. The number of thioether (sulfide) groups is 1. The average molecular weight is 534 g/mol. The number of ether oxygens (including phenoxy) is 1. The Morgan fingerprint density at radius 3 is 2.70 bits per heavy atom. The second-order valence-corrected chi connectivity index (χ2v) is 11.6. The van der Waals surface area contributed by atoms with Crippen LogP contribution >= 0.6 is 23.1 Å². The second kappa shape index (κ2) is 11.1. The Hall–Kier alpha value is -3.10. The van der Waals surface area contributed by atoms with Gasteiger partial charge in [0, 0.05) is 4.88 Å². The van der Waals surface area contributed by atoms with Crippen molar-refractivity contribution in [2.75, 3.05) is 11.1 Å². The van der Waals surface area contributed by atoms with Gasteiger partial charge in [-0.15, -0.1) is 11.3 Å². The molecule has 0 saturated carbocycles. The fraction of sp³-hybridized carbons (Fsp3) is 0.345. The third-order valence-corrected chi connectivity index (χ3v) is 8.69. The SMILES string of the molecule is CCC1CCc2c(sc3nc(SCC(=O)Nc4ccccc4OC(C)C)n(-c4ccccc4)c(=O)c23)C1. The van der Waals surface area contributed by atoms with Crippen LogP contribution in [0.2, 0.25) is 0 Å². The lowest BCUT2D eigenvalue weighted by Crippen LogP contribution is -2.23. The van der Waals surface area contributed by atoms with Gasteiger partial charge in [0.2, 0.25) is 5.91 Å².